The predicted octanol–water partition coefficient (Wildman–Crippen LogP) is 4.23. The summed E-state index contributed by atoms with van der Waals surface area (Å²) in [6.07, 6.45) is -3.62. The molecule has 0 unspecified atom stereocenters. The van der Waals surface area contributed by atoms with Crippen molar-refractivity contribution in [2.75, 3.05) is 13.2 Å². The zero-order valence-electron chi connectivity index (χ0n) is 16.0. The van der Waals surface area contributed by atoms with E-state index >= 15 is 0 Å². The Kier molecular flexibility index (Phi) is 5.73. The van der Waals surface area contributed by atoms with Crippen LogP contribution in [0.1, 0.15) is 35.3 Å². The fourth-order valence-corrected chi connectivity index (χ4v) is 2.97. The van der Waals surface area contributed by atoms with Gasteiger partial charge in [0.05, 0.1) is 12.1 Å². The van der Waals surface area contributed by atoms with Crippen LogP contribution in [0, 0.1) is 11.8 Å². The zero-order valence-corrected chi connectivity index (χ0v) is 16.0. The number of benzene rings is 2. The topological polar surface area (TPSA) is 47.6 Å². The van der Waals surface area contributed by atoms with E-state index in [9.17, 15) is 18.0 Å². The Bertz CT molecular complexity index is 954. The molecule has 29 heavy (non-hydrogen) atoms. The second-order valence-electron chi connectivity index (χ2n) is 7.18. The van der Waals surface area contributed by atoms with E-state index in [1.54, 1.807) is 0 Å². The van der Waals surface area contributed by atoms with Crippen LogP contribution in [-0.4, -0.2) is 24.7 Å². The number of ether oxygens (including phenoxy) is 2. The van der Waals surface area contributed by atoms with Crippen molar-refractivity contribution in [2.45, 2.75) is 32.0 Å². The highest BCUT2D eigenvalue weighted by atomic mass is 19.4. The van der Waals surface area contributed by atoms with E-state index in [1.165, 1.54) is 0 Å². The molecule has 0 atom stereocenters. The molecule has 7 heteroatoms. The number of alkyl halides is 3. The molecule has 0 saturated carbocycles. The number of halogens is 3. The lowest BCUT2D eigenvalue weighted by Crippen LogP contribution is -2.24. The lowest BCUT2D eigenvalue weighted by molar-refractivity contribution is -0.137. The van der Waals surface area contributed by atoms with Gasteiger partial charge >= 0.3 is 6.18 Å². The van der Waals surface area contributed by atoms with Gasteiger partial charge in [0.15, 0.2) is 11.5 Å². The number of fused-ring (bicyclic) bond motifs is 1. The number of rotatable bonds is 4. The first-order valence-electron chi connectivity index (χ1n) is 9.01. The molecule has 0 fully saturated rings. The molecule has 2 aromatic rings. The lowest BCUT2D eigenvalue weighted by Gasteiger charge is -2.17. The summed E-state index contributed by atoms with van der Waals surface area (Å²) in [4.78, 5) is 11.9. The van der Waals surface area contributed by atoms with Crippen LogP contribution in [0.25, 0.3) is 0 Å². The third-order valence-electron chi connectivity index (χ3n) is 4.29. The minimum absolute atomic E-state index is 0.0552. The number of amides is 1. The summed E-state index contributed by atoms with van der Waals surface area (Å²) in [5, 5.41) is 2.53. The van der Waals surface area contributed by atoms with Gasteiger partial charge in [-0.1, -0.05) is 24.0 Å². The SMILES string of the molecule is CC1(C)Cc2cccc(OCC#CCNC(=O)c3ccc(C(F)(F)F)cc3)c2O1. The van der Waals surface area contributed by atoms with Crippen molar-refractivity contribution < 1.29 is 27.4 Å². The maximum Gasteiger partial charge on any atom is 0.416 e. The van der Waals surface area contributed by atoms with E-state index in [0.717, 1.165) is 42.0 Å². The molecule has 0 saturated heterocycles. The van der Waals surface area contributed by atoms with Gasteiger partial charge in [-0.2, -0.15) is 13.2 Å². The first kappa shape index (κ1) is 20.6. The molecule has 1 aliphatic rings. The zero-order chi connectivity index (χ0) is 21.1. The van der Waals surface area contributed by atoms with Gasteiger partial charge in [0.1, 0.15) is 12.2 Å². The standard InChI is InChI=1S/C22H20F3NO3/c1-21(2)14-16-6-5-7-18(19(16)29-21)28-13-4-3-12-26-20(27)15-8-10-17(11-9-15)22(23,24)25/h5-11H,12-14H2,1-2H3,(H,26,27). The van der Waals surface area contributed by atoms with Crippen LogP contribution in [0.15, 0.2) is 42.5 Å². The predicted molar refractivity (Wildman–Crippen MR) is 102 cm³/mol. The van der Waals surface area contributed by atoms with E-state index in [-0.39, 0.29) is 24.3 Å². The third-order valence-corrected chi connectivity index (χ3v) is 4.29. The average Bonchev–Trinajstić information content (AvgIpc) is 2.98. The van der Waals surface area contributed by atoms with Crippen LogP contribution in [0.4, 0.5) is 13.2 Å². The number of hydrogen-bond acceptors (Lipinski definition) is 3. The Balaban J connectivity index is 1.47. The molecule has 4 nitrogen and oxygen atoms in total. The molecule has 152 valence electrons. The minimum atomic E-state index is -4.43. The third kappa shape index (κ3) is 5.23. The Morgan fingerprint density at radius 2 is 1.90 bits per heavy atom. The molecule has 0 spiro atoms. The van der Waals surface area contributed by atoms with Crippen LogP contribution >= 0.6 is 0 Å². The Morgan fingerprint density at radius 1 is 1.17 bits per heavy atom. The molecule has 0 aliphatic carbocycles. The van der Waals surface area contributed by atoms with E-state index < -0.39 is 17.6 Å². The van der Waals surface area contributed by atoms with Gasteiger partial charge in [-0.3, -0.25) is 4.79 Å². The van der Waals surface area contributed by atoms with Crippen molar-refractivity contribution in [3.8, 4) is 23.3 Å². The molecule has 0 aromatic heterocycles. The highest BCUT2D eigenvalue weighted by Crippen LogP contribution is 2.41. The fraction of sp³-hybridized carbons (Fsp3) is 0.318. The molecular formula is C22H20F3NO3. The van der Waals surface area contributed by atoms with Crippen molar-refractivity contribution in [1.82, 2.24) is 5.32 Å². The molecular weight excluding hydrogens is 383 g/mol. The normalized spacial score (nSPS) is 14.2. The fourth-order valence-electron chi connectivity index (χ4n) is 2.97. The summed E-state index contributed by atoms with van der Waals surface area (Å²) in [5.41, 5.74) is 0.154. The lowest BCUT2D eigenvalue weighted by atomic mass is 10.0. The maximum absolute atomic E-state index is 12.5. The van der Waals surface area contributed by atoms with Crippen molar-refractivity contribution in [3.63, 3.8) is 0 Å². The summed E-state index contributed by atoms with van der Waals surface area (Å²) in [5.74, 6) is 6.40. The van der Waals surface area contributed by atoms with Crippen LogP contribution in [0.2, 0.25) is 0 Å². The van der Waals surface area contributed by atoms with Gasteiger partial charge < -0.3 is 14.8 Å². The molecule has 1 N–H and O–H groups in total. The van der Waals surface area contributed by atoms with E-state index in [0.29, 0.717) is 5.75 Å². The number of carbonyl (C=O) groups is 1. The highest BCUT2D eigenvalue weighted by Gasteiger charge is 2.32. The number of nitrogens with one attached hydrogen (secondary N) is 1. The van der Waals surface area contributed by atoms with Crippen LogP contribution in [0.5, 0.6) is 11.5 Å². The van der Waals surface area contributed by atoms with Gasteiger partial charge in [0.25, 0.3) is 5.91 Å². The van der Waals surface area contributed by atoms with Gasteiger partial charge in [-0.15, -0.1) is 0 Å². The van der Waals surface area contributed by atoms with E-state index in [2.05, 4.69) is 17.2 Å². The van der Waals surface area contributed by atoms with Crippen LogP contribution < -0.4 is 14.8 Å². The quantitative estimate of drug-likeness (QED) is 0.778. The van der Waals surface area contributed by atoms with Gasteiger partial charge in [0, 0.05) is 17.5 Å². The Labute approximate surface area is 167 Å². The first-order valence-corrected chi connectivity index (χ1v) is 9.01. The molecule has 0 bridgehead atoms. The molecule has 3 rings (SSSR count). The summed E-state index contributed by atoms with van der Waals surface area (Å²) in [7, 11) is 0. The molecule has 0 radical (unpaired) electrons. The van der Waals surface area contributed by atoms with Crippen LogP contribution in [-0.2, 0) is 12.6 Å². The largest absolute Gasteiger partial charge is 0.483 e. The number of carbonyl (C=O) groups excluding carboxylic acids is 1. The highest BCUT2D eigenvalue weighted by molar-refractivity contribution is 5.94. The Morgan fingerprint density at radius 3 is 2.59 bits per heavy atom. The molecule has 2 aromatic carbocycles. The van der Waals surface area contributed by atoms with Gasteiger partial charge in [0.2, 0.25) is 0 Å². The summed E-state index contributed by atoms with van der Waals surface area (Å²) < 4.78 is 49.2. The second-order valence-corrected chi connectivity index (χ2v) is 7.18. The number of hydrogen-bond donors (Lipinski definition) is 1. The molecule has 1 amide bonds. The first-order chi connectivity index (χ1) is 13.7. The van der Waals surface area contributed by atoms with E-state index in [4.69, 9.17) is 9.47 Å². The summed E-state index contributed by atoms with van der Waals surface area (Å²) >= 11 is 0. The van der Waals surface area contributed by atoms with E-state index in [1.807, 2.05) is 32.0 Å². The molecule has 1 heterocycles. The van der Waals surface area contributed by atoms with Crippen molar-refractivity contribution in [1.29, 1.82) is 0 Å². The maximum atomic E-state index is 12.5. The van der Waals surface area contributed by atoms with Gasteiger partial charge in [-0.25, -0.2) is 0 Å². The van der Waals surface area contributed by atoms with Crippen molar-refractivity contribution in [3.05, 3.63) is 59.2 Å². The Hall–Kier alpha value is -3.14. The van der Waals surface area contributed by atoms with Crippen LogP contribution in [0.3, 0.4) is 0 Å². The number of para-hydroxylation sites is 1. The molecule has 1 aliphatic heterocycles. The minimum Gasteiger partial charge on any atom is -0.483 e. The van der Waals surface area contributed by atoms with Gasteiger partial charge in [-0.05, 0) is 44.2 Å². The van der Waals surface area contributed by atoms with Crippen molar-refractivity contribution >= 4 is 5.91 Å². The monoisotopic (exact) mass is 403 g/mol. The summed E-state index contributed by atoms with van der Waals surface area (Å²) in [6, 6.07) is 9.72. The van der Waals surface area contributed by atoms with Crippen molar-refractivity contribution in [2.24, 2.45) is 0 Å². The smallest absolute Gasteiger partial charge is 0.416 e. The average molecular weight is 403 g/mol. The second kappa shape index (κ2) is 8.08. The summed E-state index contributed by atoms with van der Waals surface area (Å²) in [6.45, 7) is 4.20.